The number of ether oxygens (including phenoxy) is 1. The van der Waals surface area contributed by atoms with E-state index < -0.39 is 6.09 Å². The number of aromatic amines is 1. The lowest BCUT2D eigenvalue weighted by Gasteiger charge is -2.22. The maximum atomic E-state index is 13.3. The van der Waals surface area contributed by atoms with Crippen molar-refractivity contribution in [3.8, 4) is 17.1 Å². The molecule has 0 aliphatic heterocycles. The first-order chi connectivity index (χ1) is 14.4. The Morgan fingerprint density at radius 1 is 1.33 bits per heavy atom. The zero-order chi connectivity index (χ0) is 21.7. The van der Waals surface area contributed by atoms with E-state index in [1.807, 2.05) is 20.8 Å². The summed E-state index contributed by atoms with van der Waals surface area (Å²) in [4.78, 5) is 24.3. The monoisotopic (exact) mass is 413 g/mol. The Morgan fingerprint density at radius 2 is 2.13 bits per heavy atom. The zero-order valence-electron chi connectivity index (χ0n) is 17.3. The van der Waals surface area contributed by atoms with E-state index in [-0.39, 0.29) is 18.0 Å². The zero-order valence-corrected chi connectivity index (χ0v) is 17.3. The number of carbonyl (C=O) groups is 1. The standard InChI is InChI=1S/C20H26N6O4/c1-4-5-8-30-17-15-9-13(18-22-24-25-23-18)6-7-14(15)19(27)26(11-12(2)3)16(17)10-21-20(28)29/h6-7,9,12,21H,4-5,8,10-11H2,1-3H3,(H,28,29)(H,22,23,24,25)/p-1. The number of carboxylic acid groups (broad SMARTS) is 1. The van der Waals surface area contributed by atoms with Gasteiger partial charge in [-0.3, -0.25) is 4.79 Å². The van der Waals surface area contributed by atoms with E-state index in [1.165, 1.54) is 0 Å². The number of pyridine rings is 1. The molecule has 10 nitrogen and oxygen atoms in total. The molecule has 2 aromatic heterocycles. The van der Waals surface area contributed by atoms with Gasteiger partial charge in [-0.25, -0.2) is 0 Å². The van der Waals surface area contributed by atoms with Gasteiger partial charge in [-0.1, -0.05) is 33.3 Å². The molecule has 0 atom stereocenters. The minimum absolute atomic E-state index is 0.103. The number of aromatic nitrogens is 5. The minimum atomic E-state index is -1.42. The Morgan fingerprint density at radius 3 is 2.77 bits per heavy atom. The van der Waals surface area contributed by atoms with Crippen molar-refractivity contribution < 1.29 is 14.6 Å². The smallest absolute Gasteiger partial charge is 0.258 e. The highest BCUT2D eigenvalue weighted by molar-refractivity contribution is 5.91. The maximum Gasteiger partial charge on any atom is 0.258 e. The molecule has 3 rings (SSSR count). The number of nitrogens with one attached hydrogen (secondary N) is 2. The number of unbranched alkanes of at least 4 members (excludes halogenated alkanes) is 1. The molecule has 1 amide bonds. The Kier molecular flexibility index (Phi) is 6.65. The molecule has 0 saturated carbocycles. The van der Waals surface area contributed by atoms with Gasteiger partial charge in [0.05, 0.1) is 24.2 Å². The van der Waals surface area contributed by atoms with Crippen LogP contribution in [0.4, 0.5) is 4.79 Å². The molecule has 3 aromatic rings. The average molecular weight is 413 g/mol. The van der Waals surface area contributed by atoms with Crippen LogP contribution in [-0.2, 0) is 13.1 Å². The predicted octanol–water partition coefficient (Wildman–Crippen LogP) is 1.45. The van der Waals surface area contributed by atoms with Crippen molar-refractivity contribution in [1.82, 2.24) is 30.5 Å². The summed E-state index contributed by atoms with van der Waals surface area (Å²) in [6, 6.07) is 5.23. The molecule has 160 valence electrons. The first-order valence-corrected chi connectivity index (χ1v) is 9.93. The van der Waals surface area contributed by atoms with E-state index in [9.17, 15) is 14.7 Å². The van der Waals surface area contributed by atoms with Gasteiger partial charge in [-0.2, -0.15) is 5.21 Å². The van der Waals surface area contributed by atoms with Crippen LogP contribution in [0.25, 0.3) is 22.2 Å². The molecule has 10 heteroatoms. The molecule has 0 fully saturated rings. The lowest BCUT2D eigenvalue weighted by Crippen LogP contribution is -2.38. The van der Waals surface area contributed by atoms with Crippen molar-refractivity contribution in [1.29, 1.82) is 0 Å². The second kappa shape index (κ2) is 9.38. The fraction of sp³-hybridized carbons (Fsp3) is 0.450. The molecule has 2 heterocycles. The second-order valence-corrected chi connectivity index (χ2v) is 7.42. The van der Waals surface area contributed by atoms with Crippen LogP contribution in [0.3, 0.4) is 0 Å². The Balaban J connectivity index is 2.26. The summed E-state index contributed by atoms with van der Waals surface area (Å²) < 4.78 is 7.68. The third kappa shape index (κ3) is 4.58. The normalized spacial score (nSPS) is 11.2. The van der Waals surface area contributed by atoms with Gasteiger partial charge in [0.25, 0.3) is 5.56 Å². The highest BCUT2D eigenvalue weighted by Gasteiger charge is 2.20. The molecule has 30 heavy (non-hydrogen) atoms. The molecule has 0 unspecified atom stereocenters. The number of hydrogen-bond acceptors (Lipinski definition) is 7. The number of benzene rings is 1. The molecule has 0 saturated heterocycles. The fourth-order valence-corrected chi connectivity index (χ4v) is 3.26. The maximum absolute atomic E-state index is 13.3. The van der Waals surface area contributed by atoms with Crippen LogP contribution >= 0.6 is 0 Å². The van der Waals surface area contributed by atoms with E-state index in [0.717, 1.165) is 12.8 Å². The molecular formula is C20H25N6O4-. The van der Waals surface area contributed by atoms with Gasteiger partial charge in [0.2, 0.25) is 5.82 Å². The fourth-order valence-electron chi connectivity index (χ4n) is 3.26. The molecule has 0 aliphatic rings. The van der Waals surface area contributed by atoms with E-state index in [2.05, 4.69) is 25.9 Å². The van der Waals surface area contributed by atoms with Gasteiger partial charge in [-0.05, 0) is 29.7 Å². The van der Waals surface area contributed by atoms with Crippen LogP contribution in [0.15, 0.2) is 23.0 Å². The van der Waals surface area contributed by atoms with Gasteiger partial charge in [0.15, 0.2) is 0 Å². The molecule has 1 aromatic carbocycles. The van der Waals surface area contributed by atoms with Crippen LogP contribution in [0.5, 0.6) is 5.75 Å². The first kappa shape index (κ1) is 21.3. The number of fused-ring (bicyclic) bond motifs is 1. The Labute approximate surface area is 173 Å². The first-order valence-electron chi connectivity index (χ1n) is 9.93. The van der Waals surface area contributed by atoms with Gasteiger partial charge in [0, 0.05) is 17.5 Å². The van der Waals surface area contributed by atoms with Crippen molar-refractivity contribution in [3.63, 3.8) is 0 Å². The third-order valence-electron chi connectivity index (χ3n) is 4.62. The number of rotatable bonds is 9. The summed E-state index contributed by atoms with van der Waals surface area (Å²) >= 11 is 0. The van der Waals surface area contributed by atoms with Crippen LogP contribution in [0.2, 0.25) is 0 Å². The van der Waals surface area contributed by atoms with Gasteiger partial charge in [-0.15, -0.1) is 10.2 Å². The summed E-state index contributed by atoms with van der Waals surface area (Å²) in [6.45, 7) is 6.79. The summed E-state index contributed by atoms with van der Waals surface area (Å²) in [5, 5.41) is 28.3. The summed E-state index contributed by atoms with van der Waals surface area (Å²) in [6.07, 6.45) is 0.339. The van der Waals surface area contributed by atoms with E-state index in [0.29, 0.717) is 46.8 Å². The predicted molar refractivity (Wildman–Crippen MR) is 109 cm³/mol. The van der Waals surface area contributed by atoms with E-state index in [4.69, 9.17) is 4.74 Å². The van der Waals surface area contributed by atoms with Crippen LogP contribution in [-0.4, -0.2) is 37.9 Å². The van der Waals surface area contributed by atoms with Crippen molar-refractivity contribution in [3.05, 3.63) is 34.2 Å². The lowest BCUT2D eigenvalue weighted by molar-refractivity contribution is -0.251. The van der Waals surface area contributed by atoms with E-state index in [1.54, 1.807) is 22.8 Å². The van der Waals surface area contributed by atoms with Crippen molar-refractivity contribution >= 4 is 16.9 Å². The summed E-state index contributed by atoms with van der Waals surface area (Å²) in [5.74, 6) is 1.03. The molecule has 0 radical (unpaired) electrons. The number of nitrogens with zero attached hydrogens (tertiary/aromatic N) is 4. The van der Waals surface area contributed by atoms with Crippen molar-refractivity contribution in [2.75, 3.05) is 6.61 Å². The number of tetrazole rings is 1. The van der Waals surface area contributed by atoms with Crippen LogP contribution < -0.4 is 20.7 Å². The summed E-state index contributed by atoms with van der Waals surface area (Å²) in [5.41, 5.74) is 0.916. The molecular weight excluding hydrogens is 388 g/mol. The Bertz CT molecular complexity index is 1080. The number of H-pyrrole nitrogens is 1. The number of hydrogen-bond donors (Lipinski definition) is 2. The minimum Gasteiger partial charge on any atom is -0.530 e. The molecule has 2 N–H and O–H groups in total. The van der Waals surface area contributed by atoms with Gasteiger partial charge < -0.3 is 24.5 Å². The quantitative estimate of drug-likeness (QED) is 0.506. The molecule has 0 spiro atoms. The Hall–Kier alpha value is -3.43. The number of amides is 1. The van der Waals surface area contributed by atoms with E-state index >= 15 is 0 Å². The largest absolute Gasteiger partial charge is 0.530 e. The second-order valence-electron chi connectivity index (χ2n) is 7.42. The SMILES string of the molecule is CCCCOc1c(CNC(=O)[O-])n(CC(C)C)c(=O)c2ccc(-c3nn[nH]n3)cc12. The highest BCUT2D eigenvalue weighted by atomic mass is 16.5. The number of carbonyl (C=O) groups excluding carboxylic acids is 1. The summed E-state index contributed by atoms with van der Waals surface area (Å²) in [7, 11) is 0. The lowest BCUT2D eigenvalue weighted by atomic mass is 10.0. The van der Waals surface area contributed by atoms with Gasteiger partial charge >= 0.3 is 0 Å². The van der Waals surface area contributed by atoms with Crippen LogP contribution in [0, 0.1) is 5.92 Å². The third-order valence-corrected chi connectivity index (χ3v) is 4.62. The average Bonchev–Trinajstić information content (AvgIpc) is 3.24. The van der Waals surface area contributed by atoms with Crippen LogP contribution in [0.1, 0.15) is 39.3 Å². The van der Waals surface area contributed by atoms with Crippen molar-refractivity contribution in [2.24, 2.45) is 5.92 Å². The van der Waals surface area contributed by atoms with Crippen molar-refractivity contribution in [2.45, 2.75) is 46.7 Å². The van der Waals surface area contributed by atoms with Gasteiger partial charge in [0.1, 0.15) is 11.8 Å². The topological polar surface area (TPSA) is 138 Å². The molecule has 0 bridgehead atoms. The molecule has 0 aliphatic carbocycles. The highest BCUT2D eigenvalue weighted by Crippen LogP contribution is 2.31.